The molecular formula is C7H11N. The van der Waals surface area contributed by atoms with E-state index in [1.54, 1.807) is 12.3 Å². The molecule has 0 fully saturated rings. The maximum absolute atomic E-state index is 3.92. The summed E-state index contributed by atoms with van der Waals surface area (Å²) in [6.45, 7) is 9.16. The van der Waals surface area contributed by atoms with E-state index in [-0.39, 0.29) is 0 Å². The second kappa shape index (κ2) is 4.31. The summed E-state index contributed by atoms with van der Waals surface area (Å²) in [7, 11) is 0. The Morgan fingerprint density at radius 3 is 2.75 bits per heavy atom. The number of nitrogens with zero attached hydrogens (tertiary/aromatic N) is 1. The highest BCUT2D eigenvalue weighted by molar-refractivity contribution is 5.71. The summed E-state index contributed by atoms with van der Waals surface area (Å²) in [6.07, 6.45) is 4.19. The molecule has 0 amide bonds. The summed E-state index contributed by atoms with van der Waals surface area (Å²) in [6, 6.07) is 0. The lowest BCUT2D eigenvalue weighted by atomic mass is 10.4. The lowest BCUT2D eigenvalue weighted by molar-refractivity contribution is 1.08. The molecule has 0 rings (SSSR count). The summed E-state index contributed by atoms with van der Waals surface area (Å²) in [4.78, 5) is 3.92. The van der Waals surface area contributed by atoms with E-state index in [4.69, 9.17) is 0 Å². The van der Waals surface area contributed by atoms with Gasteiger partial charge in [-0.1, -0.05) is 26.2 Å². The first-order valence-corrected chi connectivity index (χ1v) is 2.64. The van der Waals surface area contributed by atoms with Crippen LogP contribution in [0.2, 0.25) is 0 Å². The van der Waals surface area contributed by atoms with Crippen LogP contribution in [-0.4, -0.2) is 6.21 Å². The quantitative estimate of drug-likeness (QED) is 0.492. The standard InChI is InChI=1S/C7H11N/c1-4-6-8-7(3)5-2/h4,6H,1,3,5H2,2H3. The van der Waals surface area contributed by atoms with Gasteiger partial charge in [0.1, 0.15) is 0 Å². The van der Waals surface area contributed by atoms with Gasteiger partial charge in [0.25, 0.3) is 0 Å². The first-order chi connectivity index (χ1) is 3.81. The molecule has 0 aliphatic carbocycles. The van der Waals surface area contributed by atoms with Gasteiger partial charge in [0.15, 0.2) is 0 Å². The van der Waals surface area contributed by atoms with Crippen LogP contribution in [0.1, 0.15) is 13.3 Å². The monoisotopic (exact) mass is 109 g/mol. The Hall–Kier alpha value is -0.850. The fourth-order valence-corrected chi connectivity index (χ4v) is 0.249. The second-order valence-electron chi connectivity index (χ2n) is 1.43. The van der Waals surface area contributed by atoms with Gasteiger partial charge in [0, 0.05) is 11.9 Å². The Labute approximate surface area is 50.4 Å². The molecule has 44 valence electrons. The molecule has 0 bridgehead atoms. The SMILES string of the molecule is C=CC=NC(=C)CC. The van der Waals surface area contributed by atoms with Gasteiger partial charge in [-0.05, 0) is 6.42 Å². The smallest absolute Gasteiger partial charge is 0.0329 e. The van der Waals surface area contributed by atoms with Crippen LogP contribution < -0.4 is 0 Å². The molecule has 0 aliphatic heterocycles. The molecule has 8 heavy (non-hydrogen) atoms. The van der Waals surface area contributed by atoms with Gasteiger partial charge in [-0.15, -0.1) is 0 Å². The summed E-state index contributed by atoms with van der Waals surface area (Å²) >= 11 is 0. The van der Waals surface area contributed by atoms with Crippen LogP contribution in [0.25, 0.3) is 0 Å². The average molecular weight is 109 g/mol. The predicted molar refractivity (Wildman–Crippen MR) is 38.1 cm³/mol. The van der Waals surface area contributed by atoms with E-state index in [9.17, 15) is 0 Å². The van der Waals surface area contributed by atoms with Gasteiger partial charge in [-0.3, -0.25) is 4.99 Å². The van der Waals surface area contributed by atoms with Crippen LogP contribution in [0.15, 0.2) is 29.9 Å². The maximum atomic E-state index is 3.92. The molecule has 0 aromatic heterocycles. The van der Waals surface area contributed by atoms with Crippen LogP contribution in [0.3, 0.4) is 0 Å². The zero-order valence-electron chi connectivity index (χ0n) is 5.22. The van der Waals surface area contributed by atoms with Crippen molar-refractivity contribution in [2.45, 2.75) is 13.3 Å². The van der Waals surface area contributed by atoms with Crippen LogP contribution in [-0.2, 0) is 0 Å². The van der Waals surface area contributed by atoms with E-state index in [1.807, 2.05) is 6.92 Å². The molecular weight excluding hydrogens is 98.1 g/mol. The molecule has 1 nitrogen and oxygen atoms in total. The van der Waals surface area contributed by atoms with Crippen LogP contribution in [0, 0.1) is 0 Å². The molecule has 0 atom stereocenters. The lowest BCUT2D eigenvalue weighted by Crippen LogP contribution is -1.69. The van der Waals surface area contributed by atoms with Crippen molar-refractivity contribution in [2.75, 3.05) is 0 Å². The van der Waals surface area contributed by atoms with Crippen LogP contribution >= 0.6 is 0 Å². The topological polar surface area (TPSA) is 12.4 Å². The molecule has 0 heterocycles. The van der Waals surface area contributed by atoms with Crippen molar-refractivity contribution in [3.8, 4) is 0 Å². The van der Waals surface area contributed by atoms with Crippen molar-refractivity contribution in [3.63, 3.8) is 0 Å². The normalized spacial score (nSPS) is 9.62. The molecule has 0 aliphatic rings. The van der Waals surface area contributed by atoms with E-state index in [1.165, 1.54) is 0 Å². The minimum absolute atomic E-state index is 0.893. The summed E-state index contributed by atoms with van der Waals surface area (Å²) in [5.41, 5.74) is 0.893. The average Bonchev–Trinajstić information content (AvgIpc) is 1.83. The maximum Gasteiger partial charge on any atom is 0.0329 e. The lowest BCUT2D eigenvalue weighted by Gasteiger charge is -1.86. The van der Waals surface area contributed by atoms with Crippen molar-refractivity contribution in [1.82, 2.24) is 0 Å². The second-order valence-corrected chi connectivity index (χ2v) is 1.43. The van der Waals surface area contributed by atoms with Crippen molar-refractivity contribution in [2.24, 2.45) is 4.99 Å². The van der Waals surface area contributed by atoms with Crippen molar-refractivity contribution in [3.05, 3.63) is 24.9 Å². The molecule has 0 aromatic carbocycles. The zero-order valence-corrected chi connectivity index (χ0v) is 5.22. The molecule has 0 spiro atoms. The van der Waals surface area contributed by atoms with Gasteiger partial charge in [0.2, 0.25) is 0 Å². The first-order valence-electron chi connectivity index (χ1n) is 2.64. The molecule has 0 unspecified atom stereocenters. The third-order valence-corrected chi connectivity index (χ3v) is 0.771. The van der Waals surface area contributed by atoms with E-state index in [0.29, 0.717) is 0 Å². The van der Waals surface area contributed by atoms with E-state index in [0.717, 1.165) is 12.1 Å². The van der Waals surface area contributed by atoms with Crippen molar-refractivity contribution >= 4 is 6.21 Å². The Balaban J connectivity index is 3.52. The Morgan fingerprint density at radius 1 is 1.75 bits per heavy atom. The molecule has 0 saturated heterocycles. The van der Waals surface area contributed by atoms with Gasteiger partial charge in [0.05, 0.1) is 0 Å². The van der Waals surface area contributed by atoms with Gasteiger partial charge in [-0.2, -0.15) is 0 Å². The van der Waals surface area contributed by atoms with Crippen LogP contribution in [0.5, 0.6) is 0 Å². The summed E-state index contributed by atoms with van der Waals surface area (Å²) in [5, 5.41) is 0. The number of allylic oxidation sites excluding steroid dienone is 2. The fourth-order valence-electron chi connectivity index (χ4n) is 0.249. The highest BCUT2D eigenvalue weighted by Crippen LogP contribution is 1.94. The summed E-state index contributed by atoms with van der Waals surface area (Å²) < 4.78 is 0. The third kappa shape index (κ3) is 3.34. The number of rotatable bonds is 3. The Morgan fingerprint density at radius 2 is 2.38 bits per heavy atom. The number of aliphatic imine (C=N–C) groups is 1. The Kier molecular flexibility index (Phi) is 3.85. The molecule has 0 N–H and O–H groups in total. The number of hydrogen-bond acceptors (Lipinski definition) is 1. The highest BCUT2D eigenvalue weighted by atomic mass is 14.7. The van der Waals surface area contributed by atoms with Gasteiger partial charge in [-0.25, -0.2) is 0 Å². The molecule has 0 saturated carbocycles. The largest absolute Gasteiger partial charge is 0.262 e. The van der Waals surface area contributed by atoms with E-state index < -0.39 is 0 Å². The van der Waals surface area contributed by atoms with Gasteiger partial charge < -0.3 is 0 Å². The first kappa shape index (κ1) is 7.15. The highest BCUT2D eigenvalue weighted by Gasteiger charge is 1.76. The molecule has 0 aromatic rings. The van der Waals surface area contributed by atoms with Crippen LogP contribution in [0.4, 0.5) is 0 Å². The van der Waals surface area contributed by atoms with Gasteiger partial charge >= 0.3 is 0 Å². The minimum atomic E-state index is 0.893. The van der Waals surface area contributed by atoms with Crippen molar-refractivity contribution < 1.29 is 0 Å². The summed E-state index contributed by atoms with van der Waals surface area (Å²) in [5.74, 6) is 0. The fraction of sp³-hybridized carbons (Fsp3) is 0.286. The minimum Gasteiger partial charge on any atom is -0.262 e. The van der Waals surface area contributed by atoms with Crippen molar-refractivity contribution in [1.29, 1.82) is 0 Å². The van der Waals surface area contributed by atoms with E-state index in [2.05, 4.69) is 18.2 Å². The van der Waals surface area contributed by atoms with E-state index >= 15 is 0 Å². The number of hydrogen-bond donors (Lipinski definition) is 0. The molecule has 0 radical (unpaired) electrons. The third-order valence-electron chi connectivity index (χ3n) is 0.771. The predicted octanol–water partition coefficient (Wildman–Crippen LogP) is 2.17. The zero-order chi connectivity index (χ0) is 6.41. The Bertz CT molecular complexity index is 112. The molecule has 1 heteroatoms.